The van der Waals surface area contributed by atoms with Gasteiger partial charge < -0.3 is 19.7 Å². The molecule has 34 heavy (non-hydrogen) atoms. The number of likely N-dealkylation sites (N-methyl/N-ethyl adjacent to an activating group) is 1. The van der Waals surface area contributed by atoms with Crippen molar-refractivity contribution in [1.29, 1.82) is 0 Å². The van der Waals surface area contributed by atoms with E-state index >= 15 is 0 Å². The Balaban J connectivity index is 1.49. The Bertz CT molecular complexity index is 1240. The van der Waals surface area contributed by atoms with Gasteiger partial charge in [-0.05, 0) is 54.0 Å². The van der Waals surface area contributed by atoms with E-state index < -0.39 is 0 Å². The molecule has 4 rings (SSSR count). The number of amides is 2. The maximum absolute atomic E-state index is 13.1. The lowest BCUT2D eigenvalue weighted by atomic mass is 10.1. The molecule has 0 saturated carbocycles. The average molecular weight is 475 g/mol. The number of rotatable bonds is 7. The highest BCUT2D eigenvalue weighted by Crippen LogP contribution is 2.42. The topological polar surface area (TPSA) is 67.9 Å². The molecule has 3 aromatic carbocycles. The number of methoxy groups -OCH3 is 2. The molecule has 0 radical (unpaired) electrons. The number of hydrogen-bond acceptors (Lipinski definition) is 5. The van der Waals surface area contributed by atoms with E-state index in [-0.39, 0.29) is 11.8 Å². The molecule has 7 heteroatoms. The summed E-state index contributed by atoms with van der Waals surface area (Å²) < 4.78 is 10.6. The molecule has 0 saturated heterocycles. The van der Waals surface area contributed by atoms with Crippen molar-refractivity contribution in [2.45, 2.75) is 11.3 Å². The van der Waals surface area contributed by atoms with Crippen molar-refractivity contribution < 1.29 is 19.1 Å². The summed E-state index contributed by atoms with van der Waals surface area (Å²) in [5, 5.41) is 2.96. The molecule has 2 amide bonds. The molecule has 0 aliphatic carbocycles. The lowest BCUT2D eigenvalue weighted by Crippen LogP contribution is -2.31. The predicted molar refractivity (Wildman–Crippen MR) is 136 cm³/mol. The number of ether oxygens (including phenoxy) is 2. The van der Waals surface area contributed by atoms with Crippen LogP contribution in [0.1, 0.15) is 21.5 Å². The van der Waals surface area contributed by atoms with E-state index in [1.54, 1.807) is 38.3 Å². The Morgan fingerprint density at radius 3 is 2.50 bits per heavy atom. The molecule has 1 aliphatic heterocycles. The maximum Gasteiger partial charge on any atom is 0.264 e. The maximum atomic E-state index is 13.1. The molecule has 0 unspecified atom stereocenters. The number of benzene rings is 3. The van der Waals surface area contributed by atoms with Gasteiger partial charge in [-0.15, -0.1) is 0 Å². The zero-order valence-electron chi connectivity index (χ0n) is 19.3. The molecular weight excluding hydrogens is 448 g/mol. The standard InChI is InChI=1S/C27H26N2O4S/c1-29-21-17-20(26(30)28-14-13-18-7-5-4-6-8-18)10-12-24(21)34-25(27(29)31)16-19-9-11-22(32-2)23(15-19)33-3/h4-12,15-17H,13-14H2,1-3H3,(H,28,30). The first-order valence-electron chi connectivity index (χ1n) is 10.9. The molecule has 0 atom stereocenters. The molecule has 1 aliphatic rings. The van der Waals surface area contributed by atoms with Gasteiger partial charge in [-0.3, -0.25) is 9.59 Å². The lowest BCUT2D eigenvalue weighted by Gasteiger charge is -2.27. The monoisotopic (exact) mass is 474 g/mol. The van der Waals surface area contributed by atoms with Crippen LogP contribution in [0.2, 0.25) is 0 Å². The van der Waals surface area contributed by atoms with Gasteiger partial charge in [0.1, 0.15) is 0 Å². The molecule has 0 aromatic heterocycles. The van der Waals surface area contributed by atoms with Crippen molar-refractivity contribution in [3.8, 4) is 11.5 Å². The fourth-order valence-corrected chi connectivity index (χ4v) is 4.79. The molecule has 1 N–H and O–H groups in total. The first kappa shape index (κ1) is 23.4. The highest BCUT2D eigenvalue weighted by atomic mass is 32.2. The second-order valence-corrected chi connectivity index (χ2v) is 8.85. The van der Waals surface area contributed by atoms with Crippen LogP contribution in [0.4, 0.5) is 5.69 Å². The molecule has 0 fully saturated rings. The highest BCUT2D eigenvalue weighted by molar-refractivity contribution is 8.04. The zero-order chi connectivity index (χ0) is 24.1. The molecular formula is C27H26N2O4S. The first-order chi connectivity index (χ1) is 16.5. The van der Waals surface area contributed by atoms with Crippen LogP contribution in [-0.2, 0) is 11.2 Å². The van der Waals surface area contributed by atoms with Gasteiger partial charge in [0, 0.05) is 24.1 Å². The lowest BCUT2D eigenvalue weighted by molar-refractivity contribution is -0.114. The van der Waals surface area contributed by atoms with Crippen LogP contribution < -0.4 is 19.7 Å². The fraction of sp³-hybridized carbons (Fsp3) is 0.185. The molecule has 1 heterocycles. The predicted octanol–water partition coefficient (Wildman–Crippen LogP) is 4.79. The number of carbonyl (C=O) groups is 2. The van der Waals surface area contributed by atoms with Crippen LogP contribution in [-0.4, -0.2) is 39.6 Å². The summed E-state index contributed by atoms with van der Waals surface area (Å²) in [4.78, 5) is 28.8. The molecule has 174 valence electrons. The largest absolute Gasteiger partial charge is 0.493 e. The van der Waals surface area contributed by atoms with Gasteiger partial charge in [0.05, 0.1) is 24.8 Å². The van der Waals surface area contributed by atoms with Gasteiger partial charge in [0.15, 0.2) is 11.5 Å². The summed E-state index contributed by atoms with van der Waals surface area (Å²) in [6.45, 7) is 0.543. The van der Waals surface area contributed by atoms with E-state index in [0.717, 1.165) is 22.6 Å². The van der Waals surface area contributed by atoms with E-state index in [4.69, 9.17) is 9.47 Å². The zero-order valence-corrected chi connectivity index (χ0v) is 20.1. The Morgan fingerprint density at radius 2 is 1.76 bits per heavy atom. The van der Waals surface area contributed by atoms with Crippen LogP contribution >= 0.6 is 11.8 Å². The minimum Gasteiger partial charge on any atom is -0.493 e. The first-order valence-corrected chi connectivity index (χ1v) is 11.7. The summed E-state index contributed by atoms with van der Waals surface area (Å²) >= 11 is 1.39. The van der Waals surface area contributed by atoms with E-state index in [1.807, 2.05) is 60.7 Å². The third-order valence-electron chi connectivity index (χ3n) is 5.57. The van der Waals surface area contributed by atoms with Gasteiger partial charge in [0.25, 0.3) is 11.8 Å². The smallest absolute Gasteiger partial charge is 0.264 e. The van der Waals surface area contributed by atoms with E-state index in [9.17, 15) is 9.59 Å². The quantitative estimate of drug-likeness (QED) is 0.499. The summed E-state index contributed by atoms with van der Waals surface area (Å²) in [5.74, 6) is 0.941. The van der Waals surface area contributed by atoms with Gasteiger partial charge in [-0.25, -0.2) is 0 Å². The summed E-state index contributed by atoms with van der Waals surface area (Å²) in [5.41, 5.74) is 3.25. The van der Waals surface area contributed by atoms with Crippen LogP contribution in [0, 0.1) is 0 Å². The van der Waals surface area contributed by atoms with Crippen molar-refractivity contribution >= 4 is 35.3 Å². The van der Waals surface area contributed by atoms with E-state index in [1.165, 1.54) is 17.3 Å². The van der Waals surface area contributed by atoms with Crippen molar-refractivity contribution in [3.05, 3.63) is 88.3 Å². The second-order valence-electron chi connectivity index (χ2n) is 7.76. The number of nitrogens with zero attached hydrogens (tertiary/aromatic N) is 1. The number of carbonyl (C=O) groups excluding carboxylic acids is 2. The van der Waals surface area contributed by atoms with Gasteiger partial charge in [-0.1, -0.05) is 48.2 Å². The summed E-state index contributed by atoms with van der Waals surface area (Å²) in [6, 6.07) is 21.0. The fourth-order valence-electron chi connectivity index (χ4n) is 3.70. The Labute approximate surface area is 203 Å². The van der Waals surface area contributed by atoms with Crippen LogP contribution in [0.5, 0.6) is 11.5 Å². The van der Waals surface area contributed by atoms with Crippen molar-refractivity contribution in [2.75, 3.05) is 32.7 Å². The van der Waals surface area contributed by atoms with E-state index in [0.29, 0.717) is 28.5 Å². The van der Waals surface area contributed by atoms with Crippen LogP contribution in [0.25, 0.3) is 6.08 Å². The summed E-state index contributed by atoms with van der Waals surface area (Å²) in [6.07, 6.45) is 2.59. The summed E-state index contributed by atoms with van der Waals surface area (Å²) in [7, 11) is 4.88. The third kappa shape index (κ3) is 5.10. The van der Waals surface area contributed by atoms with Gasteiger partial charge in [0.2, 0.25) is 0 Å². The molecule has 3 aromatic rings. The second kappa shape index (κ2) is 10.5. The number of nitrogens with one attached hydrogen (secondary N) is 1. The number of anilines is 1. The minimum absolute atomic E-state index is 0.131. The Morgan fingerprint density at radius 1 is 1.00 bits per heavy atom. The van der Waals surface area contributed by atoms with Gasteiger partial charge in [-0.2, -0.15) is 0 Å². The van der Waals surface area contributed by atoms with Crippen molar-refractivity contribution in [3.63, 3.8) is 0 Å². The average Bonchev–Trinajstić information content (AvgIpc) is 2.87. The van der Waals surface area contributed by atoms with Crippen molar-refractivity contribution in [2.24, 2.45) is 0 Å². The number of thioether (sulfide) groups is 1. The molecule has 0 bridgehead atoms. The normalized spacial score (nSPS) is 14.0. The molecule has 6 nitrogen and oxygen atoms in total. The highest BCUT2D eigenvalue weighted by Gasteiger charge is 2.27. The van der Waals surface area contributed by atoms with Gasteiger partial charge >= 0.3 is 0 Å². The Hall–Kier alpha value is -3.71. The SMILES string of the molecule is COc1ccc(C=C2Sc3ccc(C(=O)NCCc4ccccc4)cc3N(C)C2=O)cc1OC. The van der Waals surface area contributed by atoms with Crippen LogP contribution in [0.15, 0.2) is 76.5 Å². The number of fused-ring (bicyclic) bond motifs is 1. The van der Waals surface area contributed by atoms with E-state index in [2.05, 4.69) is 5.32 Å². The van der Waals surface area contributed by atoms with Crippen LogP contribution in [0.3, 0.4) is 0 Å². The van der Waals surface area contributed by atoms with Crippen molar-refractivity contribution in [1.82, 2.24) is 5.32 Å². The third-order valence-corrected chi connectivity index (χ3v) is 6.64. The molecule has 0 spiro atoms. The minimum atomic E-state index is -0.156. The number of hydrogen-bond donors (Lipinski definition) is 1. The Kier molecular flexibility index (Phi) is 7.23.